The summed E-state index contributed by atoms with van der Waals surface area (Å²) in [5.41, 5.74) is 0.639. The van der Waals surface area contributed by atoms with Gasteiger partial charge in [0.1, 0.15) is 11.4 Å². The molecule has 0 aliphatic carbocycles. The standard InChI is InChI=1S/C32H38N4O6/c1-20(2)14-26(29(38)32(4)19-41-32)35-30(39)23(16-22-10-6-5-7-11-22)17-28(37)25(18-24-12-8-9-13-33-24)34-31(40)27-15-21(3)42-36-27/h5-13,15,20,23,25-26H,14,16-19H2,1-4H3,(H,34,40)(H,35,39)/t23-,25+,26+,32-/m1/s1. The molecule has 0 unspecified atom stereocenters. The molecule has 0 radical (unpaired) electrons. The zero-order valence-corrected chi connectivity index (χ0v) is 24.5. The lowest BCUT2D eigenvalue weighted by atomic mass is 9.88. The highest BCUT2D eigenvalue weighted by Gasteiger charge is 2.50. The molecule has 1 aliphatic heterocycles. The first-order valence-electron chi connectivity index (χ1n) is 14.2. The number of carbonyl (C=O) groups is 4. The Morgan fingerprint density at radius 1 is 0.976 bits per heavy atom. The smallest absolute Gasteiger partial charge is 0.274 e. The van der Waals surface area contributed by atoms with Crippen molar-refractivity contribution in [2.24, 2.45) is 11.8 Å². The van der Waals surface area contributed by atoms with Gasteiger partial charge in [0.15, 0.2) is 17.3 Å². The first-order valence-corrected chi connectivity index (χ1v) is 14.2. The second-order valence-electron chi connectivity index (χ2n) is 11.5. The Kier molecular flexibility index (Phi) is 10.0. The maximum Gasteiger partial charge on any atom is 0.274 e. The molecule has 42 heavy (non-hydrogen) atoms. The molecule has 4 atom stereocenters. The van der Waals surface area contributed by atoms with E-state index in [1.807, 2.05) is 44.2 Å². The maximum absolute atomic E-state index is 13.8. The predicted octanol–water partition coefficient (Wildman–Crippen LogP) is 3.43. The molecule has 4 rings (SSSR count). The largest absolute Gasteiger partial charge is 0.361 e. The van der Waals surface area contributed by atoms with Crippen molar-refractivity contribution in [3.8, 4) is 0 Å². The van der Waals surface area contributed by atoms with E-state index in [1.54, 1.807) is 38.2 Å². The van der Waals surface area contributed by atoms with Crippen LogP contribution in [0.3, 0.4) is 0 Å². The third-order valence-corrected chi connectivity index (χ3v) is 7.28. The predicted molar refractivity (Wildman–Crippen MR) is 154 cm³/mol. The Morgan fingerprint density at radius 2 is 1.69 bits per heavy atom. The molecule has 1 saturated heterocycles. The van der Waals surface area contributed by atoms with Gasteiger partial charge in [-0.15, -0.1) is 0 Å². The van der Waals surface area contributed by atoms with Gasteiger partial charge in [0.05, 0.1) is 18.7 Å². The summed E-state index contributed by atoms with van der Waals surface area (Å²) in [7, 11) is 0. The van der Waals surface area contributed by atoms with E-state index in [0.29, 0.717) is 24.5 Å². The van der Waals surface area contributed by atoms with Crippen LogP contribution in [0.2, 0.25) is 0 Å². The van der Waals surface area contributed by atoms with Crippen LogP contribution in [0, 0.1) is 18.8 Å². The summed E-state index contributed by atoms with van der Waals surface area (Å²) in [6, 6.07) is 14.5. The summed E-state index contributed by atoms with van der Waals surface area (Å²) in [6.07, 6.45) is 2.31. The lowest BCUT2D eigenvalue weighted by Gasteiger charge is -2.25. The van der Waals surface area contributed by atoms with Crippen LogP contribution in [-0.2, 0) is 32.0 Å². The van der Waals surface area contributed by atoms with Crippen LogP contribution < -0.4 is 10.6 Å². The van der Waals surface area contributed by atoms with Gasteiger partial charge in [0, 0.05) is 36.7 Å². The van der Waals surface area contributed by atoms with E-state index in [4.69, 9.17) is 9.26 Å². The van der Waals surface area contributed by atoms with Crippen LogP contribution in [0.1, 0.15) is 61.1 Å². The Bertz CT molecular complexity index is 1380. The third kappa shape index (κ3) is 8.42. The molecule has 1 aromatic carbocycles. The van der Waals surface area contributed by atoms with Crippen molar-refractivity contribution < 1.29 is 28.4 Å². The molecule has 3 aromatic rings. The first-order chi connectivity index (χ1) is 20.0. The number of carbonyl (C=O) groups excluding carboxylic acids is 4. The minimum Gasteiger partial charge on any atom is -0.361 e. The fourth-order valence-corrected chi connectivity index (χ4v) is 4.83. The molecule has 1 aliphatic rings. The Morgan fingerprint density at radius 3 is 2.29 bits per heavy atom. The molecule has 0 bridgehead atoms. The highest BCUT2D eigenvalue weighted by molar-refractivity contribution is 5.99. The number of pyridine rings is 1. The highest BCUT2D eigenvalue weighted by atomic mass is 16.6. The van der Waals surface area contributed by atoms with E-state index in [0.717, 1.165) is 5.56 Å². The van der Waals surface area contributed by atoms with Crippen molar-refractivity contribution in [2.75, 3.05) is 6.61 Å². The Hall–Kier alpha value is -4.18. The Balaban J connectivity index is 1.56. The first kappa shape index (κ1) is 30.8. The van der Waals surface area contributed by atoms with Gasteiger partial charge < -0.3 is 19.9 Å². The van der Waals surface area contributed by atoms with Crippen molar-refractivity contribution in [2.45, 2.75) is 71.1 Å². The zero-order valence-electron chi connectivity index (χ0n) is 24.5. The number of nitrogens with zero attached hydrogens (tertiary/aromatic N) is 2. The van der Waals surface area contributed by atoms with Gasteiger partial charge in [0.25, 0.3) is 5.91 Å². The zero-order chi connectivity index (χ0) is 30.3. The molecular weight excluding hydrogens is 536 g/mol. The van der Waals surface area contributed by atoms with Gasteiger partial charge in [-0.2, -0.15) is 0 Å². The number of amides is 2. The number of rotatable bonds is 15. The normalized spacial score (nSPS) is 18.1. The monoisotopic (exact) mass is 574 g/mol. The number of aryl methyl sites for hydroxylation is 1. The molecule has 3 heterocycles. The number of ketones is 2. The molecule has 0 spiro atoms. The van der Waals surface area contributed by atoms with Gasteiger partial charge in [0.2, 0.25) is 5.91 Å². The molecule has 10 nitrogen and oxygen atoms in total. The minimum absolute atomic E-state index is 0.0516. The van der Waals surface area contributed by atoms with E-state index in [9.17, 15) is 19.2 Å². The van der Waals surface area contributed by atoms with Gasteiger partial charge in [-0.1, -0.05) is 55.4 Å². The second-order valence-corrected chi connectivity index (χ2v) is 11.5. The topological polar surface area (TPSA) is 144 Å². The number of benzene rings is 1. The lowest BCUT2D eigenvalue weighted by Crippen LogP contribution is -2.50. The average Bonchev–Trinajstić information content (AvgIpc) is 3.57. The average molecular weight is 575 g/mol. The summed E-state index contributed by atoms with van der Waals surface area (Å²) >= 11 is 0. The fraction of sp³-hybridized carbons (Fsp3) is 0.438. The van der Waals surface area contributed by atoms with Crippen LogP contribution in [0.25, 0.3) is 0 Å². The lowest BCUT2D eigenvalue weighted by molar-refractivity contribution is -0.134. The highest BCUT2D eigenvalue weighted by Crippen LogP contribution is 2.30. The molecule has 2 aromatic heterocycles. The van der Waals surface area contributed by atoms with Crippen molar-refractivity contribution >= 4 is 23.4 Å². The number of hydrogen-bond donors (Lipinski definition) is 2. The van der Waals surface area contributed by atoms with E-state index in [2.05, 4.69) is 20.8 Å². The minimum atomic E-state index is -0.970. The molecular formula is C32H38N4O6. The summed E-state index contributed by atoms with van der Waals surface area (Å²) in [5, 5.41) is 9.46. The van der Waals surface area contributed by atoms with E-state index >= 15 is 0 Å². The fourth-order valence-electron chi connectivity index (χ4n) is 4.83. The quantitative estimate of drug-likeness (QED) is 0.263. The van der Waals surface area contributed by atoms with E-state index in [-0.39, 0.29) is 42.4 Å². The van der Waals surface area contributed by atoms with Crippen LogP contribution >= 0.6 is 0 Å². The molecule has 10 heteroatoms. The maximum atomic E-state index is 13.8. The summed E-state index contributed by atoms with van der Waals surface area (Å²) < 4.78 is 10.4. The SMILES string of the molecule is Cc1cc(C(=O)N[C@@H](Cc2ccccn2)C(=O)C[C@@H](Cc2ccccc2)C(=O)N[C@@H](CC(C)C)C(=O)[C@@]2(C)CO2)no1. The summed E-state index contributed by atoms with van der Waals surface area (Å²) in [4.78, 5) is 58.1. The van der Waals surface area contributed by atoms with Crippen molar-refractivity contribution in [3.05, 3.63) is 83.5 Å². The number of Topliss-reactive ketones (excluding diaryl/α,β-unsaturated/α-hetero) is 2. The second kappa shape index (κ2) is 13.7. The van der Waals surface area contributed by atoms with Crippen molar-refractivity contribution in [3.63, 3.8) is 0 Å². The van der Waals surface area contributed by atoms with Gasteiger partial charge in [-0.05, 0) is 50.3 Å². The van der Waals surface area contributed by atoms with Crippen molar-refractivity contribution in [1.29, 1.82) is 0 Å². The van der Waals surface area contributed by atoms with E-state index in [1.165, 1.54) is 6.07 Å². The molecule has 1 fully saturated rings. The summed E-state index contributed by atoms with van der Waals surface area (Å²) in [6.45, 7) is 7.67. The molecule has 2 amide bonds. The van der Waals surface area contributed by atoms with Crippen molar-refractivity contribution in [1.82, 2.24) is 20.8 Å². The number of epoxide rings is 1. The Labute approximate surface area is 245 Å². The number of aromatic nitrogens is 2. The van der Waals surface area contributed by atoms with Gasteiger partial charge in [-0.25, -0.2) is 0 Å². The third-order valence-electron chi connectivity index (χ3n) is 7.28. The molecule has 0 saturated carbocycles. The van der Waals surface area contributed by atoms with Gasteiger partial charge >= 0.3 is 0 Å². The van der Waals surface area contributed by atoms with Crippen LogP contribution in [0.4, 0.5) is 0 Å². The van der Waals surface area contributed by atoms with Crippen LogP contribution in [0.5, 0.6) is 0 Å². The molecule has 222 valence electrons. The number of ether oxygens (including phenoxy) is 1. The van der Waals surface area contributed by atoms with Gasteiger partial charge in [-0.3, -0.25) is 24.2 Å². The van der Waals surface area contributed by atoms with Crippen LogP contribution in [0.15, 0.2) is 65.3 Å². The van der Waals surface area contributed by atoms with E-state index < -0.39 is 35.4 Å². The summed E-state index contributed by atoms with van der Waals surface area (Å²) in [5.74, 6) is -1.65. The molecule has 2 N–H and O–H groups in total. The number of hydrogen-bond acceptors (Lipinski definition) is 8. The number of nitrogens with one attached hydrogen (secondary N) is 2. The van der Waals surface area contributed by atoms with Crippen LogP contribution in [-0.4, -0.2) is 57.8 Å².